The summed E-state index contributed by atoms with van der Waals surface area (Å²) in [6, 6.07) is 32.8. The topological polar surface area (TPSA) is 77.3 Å². The van der Waals surface area contributed by atoms with Gasteiger partial charge in [0.05, 0.1) is 32.5 Å². The van der Waals surface area contributed by atoms with Crippen LogP contribution in [0.5, 0.6) is 0 Å². The lowest BCUT2D eigenvalue weighted by atomic mass is 10.00. The summed E-state index contributed by atoms with van der Waals surface area (Å²) in [5, 5.41) is 4.17. The van der Waals surface area contributed by atoms with Crippen molar-refractivity contribution in [2.75, 3.05) is 0 Å². The molecule has 0 spiro atoms. The molecule has 44 heavy (non-hydrogen) atoms. The molecule has 2 aromatic carbocycles. The summed E-state index contributed by atoms with van der Waals surface area (Å²) >= 11 is 3.29. The Kier molecular flexibility index (Phi) is 6.75. The van der Waals surface area contributed by atoms with Gasteiger partial charge in [-0.15, -0.1) is 22.7 Å². The van der Waals surface area contributed by atoms with E-state index in [1.165, 1.54) is 0 Å². The molecular weight excluding hydrogens is 581 g/mol. The first kappa shape index (κ1) is 26.2. The van der Waals surface area contributed by atoms with E-state index in [1.54, 1.807) is 35.1 Å². The van der Waals surface area contributed by atoms with Gasteiger partial charge in [0.25, 0.3) is 0 Å². The van der Waals surface area contributed by atoms with Crippen LogP contribution in [0.1, 0.15) is 0 Å². The van der Waals surface area contributed by atoms with Gasteiger partial charge in [-0.05, 0) is 59.3 Å². The summed E-state index contributed by atoms with van der Waals surface area (Å²) in [5.41, 5.74) is 7.73. The highest BCUT2D eigenvalue weighted by atomic mass is 32.1. The molecule has 6 nitrogen and oxygen atoms in total. The third kappa shape index (κ3) is 4.96. The Bertz CT molecular complexity index is 2080. The molecule has 0 N–H and O–H groups in total. The molecule has 0 radical (unpaired) electrons. The largest absolute Gasteiger partial charge is 0.264 e. The first-order valence-corrected chi connectivity index (χ1v) is 15.6. The summed E-state index contributed by atoms with van der Waals surface area (Å²) in [5.74, 6) is 0. The van der Waals surface area contributed by atoms with Gasteiger partial charge in [-0.25, -0.2) is 19.9 Å². The predicted molar refractivity (Wildman–Crippen MR) is 179 cm³/mol. The van der Waals surface area contributed by atoms with Gasteiger partial charge in [-0.3, -0.25) is 9.97 Å². The molecule has 8 rings (SSSR count). The fourth-order valence-electron chi connectivity index (χ4n) is 5.20. The van der Waals surface area contributed by atoms with Crippen molar-refractivity contribution in [1.82, 2.24) is 29.9 Å². The summed E-state index contributed by atoms with van der Waals surface area (Å²) < 4.78 is 0. The molecule has 0 saturated carbocycles. The molecule has 0 bridgehead atoms. The van der Waals surface area contributed by atoms with Crippen LogP contribution < -0.4 is 0 Å². The Labute approximate surface area is 261 Å². The fourth-order valence-corrected chi connectivity index (χ4v) is 7.05. The van der Waals surface area contributed by atoms with Gasteiger partial charge in [-0.1, -0.05) is 48.5 Å². The number of hydrogen-bond donors (Lipinski definition) is 0. The Morgan fingerprint density at radius 2 is 0.886 bits per heavy atom. The molecule has 0 aliphatic heterocycles. The van der Waals surface area contributed by atoms with Crippen LogP contribution in [0.15, 0.2) is 134 Å². The average molecular weight is 603 g/mol. The molecule has 0 amide bonds. The SMILES string of the molecule is c1cncc(-c2cccc(-c3cnc(-c4ccc(-c5ncc(-c6cccc(-c7cccnc7)n6)s5)c5ccccc45)s3)n2)c1. The fraction of sp³-hybridized carbons (Fsp3) is 0. The van der Waals surface area contributed by atoms with Crippen LogP contribution in [0.4, 0.5) is 0 Å². The predicted octanol–water partition coefficient (Wildman–Crippen LogP) is 9.33. The minimum absolute atomic E-state index is 0.891. The van der Waals surface area contributed by atoms with Crippen molar-refractivity contribution in [2.24, 2.45) is 0 Å². The van der Waals surface area contributed by atoms with Crippen molar-refractivity contribution < 1.29 is 0 Å². The van der Waals surface area contributed by atoms with Gasteiger partial charge in [0.2, 0.25) is 0 Å². The van der Waals surface area contributed by atoms with Gasteiger partial charge >= 0.3 is 0 Å². The van der Waals surface area contributed by atoms with Crippen LogP contribution in [0.2, 0.25) is 0 Å². The van der Waals surface area contributed by atoms with Crippen LogP contribution in [-0.2, 0) is 0 Å². The number of nitrogens with zero attached hydrogens (tertiary/aromatic N) is 6. The minimum atomic E-state index is 0.891. The average Bonchev–Trinajstić information content (AvgIpc) is 3.80. The second-order valence-electron chi connectivity index (χ2n) is 10.1. The number of fused-ring (bicyclic) bond motifs is 1. The molecule has 0 atom stereocenters. The van der Waals surface area contributed by atoms with Crippen LogP contribution in [0.3, 0.4) is 0 Å². The summed E-state index contributed by atoms with van der Waals surface area (Å²) in [6.45, 7) is 0. The van der Waals surface area contributed by atoms with E-state index in [-0.39, 0.29) is 0 Å². The van der Waals surface area contributed by atoms with Crippen molar-refractivity contribution in [1.29, 1.82) is 0 Å². The third-order valence-corrected chi connectivity index (χ3v) is 9.42. The highest BCUT2D eigenvalue weighted by molar-refractivity contribution is 7.18. The number of hydrogen-bond acceptors (Lipinski definition) is 8. The van der Waals surface area contributed by atoms with Gasteiger partial charge in [-0.2, -0.15) is 0 Å². The Hall–Kier alpha value is -5.44. The first-order chi connectivity index (χ1) is 21.8. The molecule has 8 aromatic rings. The highest BCUT2D eigenvalue weighted by Gasteiger charge is 2.16. The summed E-state index contributed by atoms with van der Waals surface area (Å²) in [4.78, 5) is 30.0. The molecule has 0 aliphatic carbocycles. The minimum Gasteiger partial charge on any atom is -0.264 e. The highest BCUT2D eigenvalue weighted by Crippen LogP contribution is 2.41. The van der Waals surface area contributed by atoms with E-state index in [2.05, 4.69) is 46.4 Å². The lowest BCUT2D eigenvalue weighted by molar-refractivity contribution is 1.28. The van der Waals surface area contributed by atoms with E-state index in [0.717, 1.165) is 75.6 Å². The monoisotopic (exact) mass is 602 g/mol. The van der Waals surface area contributed by atoms with E-state index in [4.69, 9.17) is 19.9 Å². The van der Waals surface area contributed by atoms with Crippen molar-refractivity contribution >= 4 is 33.4 Å². The van der Waals surface area contributed by atoms with Gasteiger partial charge < -0.3 is 0 Å². The van der Waals surface area contributed by atoms with E-state index in [1.807, 2.05) is 85.5 Å². The van der Waals surface area contributed by atoms with Crippen LogP contribution in [0, 0.1) is 0 Å². The zero-order chi connectivity index (χ0) is 29.3. The lowest BCUT2D eigenvalue weighted by Gasteiger charge is -2.08. The van der Waals surface area contributed by atoms with E-state index >= 15 is 0 Å². The molecule has 0 aliphatic rings. The van der Waals surface area contributed by atoms with Gasteiger partial charge in [0.1, 0.15) is 10.0 Å². The Balaban J connectivity index is 1.13. The first-order valence-electron chi connectivity index (χ1n) is 14.0. The quantitative estimate of drug-likeness (QED) is 0.189. The molecule has 0 fully saturated rings. The molecule has 0 saturated heterocycles. The Morgan fingerprint density at radius 1 is 0.409 bits per heavy atom. The van der Waals surface area contributed by atoms with Gasteiger partial charge in [0, 0.05) is 59.4 Å². The number of rotatable bonds is 6. The standard InChI is InChI=1S/C36H22N6S2/c1-2-10-26-25(9-1)27(35-39-21-33(43-35)31-13-3-11-29(41-31)23-7-5-17-37-19-23)15-16-28(26)36-40-22-34(44-36)32-14-4-12-30(42-32)24-8-6-18-38-20-24/h1-22H. The second-order valence-corrected chi connectivity index (χ2v) is 12.1. The van der Waals surface area contributed by atoms with Crippen LogP contribution >= 0.6 is 22.7 Å². The van der Waals surface area contributed by atoms with Crippen molar-refractivity contribution in [2.45, 2.75) is 0 Å². The third-order valence-electron chi connectivity index (χ3n) is 7.31. The van der Waals surface area contributed by atoms with Crippen LogP contribution in [-0.4, -0.2) is 29.9 Å². The normalized spacial score (nSPS) is 11.2. The smallest absolute Gasteiger partial charge is 0.124 e. The molecule has 208 valence electrons. The maximum Gasteiger partial charge on any atom is 0.124 e. The molecule has 8 heteroatoms. The maximum atomic E-state index is 4.90. The Morgan fingerprint density at radius 3 is 1.34 bits per heavy atom. The molecule has 6 aromatic heterocycles. The molecule has 6 heterocycles. The van der Waals surface area contributed by atoms with Crippen LogP contribution in [0.25, 0.3) is 75.6 Å². The van der Waals surface area contributed by atoms with Crippen molar-refractivity contribution in [3.8, 4) is 64.8 Å². The zero-order valence-corrected chi connectivity index (χ0v) is 24.8. The van der Waals surface area contributed by atoms with Gasteiger partial charge in [0.15, 0.2) is 0 Å². The number of thiazole rings is 2. The lowest BCUT2D eigenvalue weighted by Crippen LogP contribution is -1.86. The van der Waals surface area contributed by atoms with E-state index in [0.29, 0.717) is 0 Å². The number of benzene rings is 2. The number of aromatic nitrogens is 6. The molecular formula is C36H22N6S2. The zero-order valence-electron chi connectivity index (χ0n) is 23.2. The maximum absolute atomic E-state index is 4.90. The number of pyridine rings is 4. The van der Waals surface area contributed by atoms with Crippen molar-refractivity contribution in [3.05, 3.63) is 134 Å². The summed E-state index contributed by atoms with van der Waals surface area (Å²) in [6.07, 6.45) is 11.0. The van der Waals surface area contributed by atoms with Crippen molar-refractivity contribution in [3.63, 3.8) is 0 Å². The van der Waals surface area contributed by atoms with E-state index in [9.17, 15) is 0 Å². The second kappa shape index (κ2) is 11.3. The van der Waals surface area contributed by atoms with E-state index < -0.39 is 0 Å². The summed E-state index contributed by atoms with van der Waals surface area (Å²) in [7, 11) is 0. The molecule has 0 unspecified atom stereocenters.